The van der Waals surface area contributed by atoms with Gasteiger partial charge in [-0.15, -0.1) is 0 Å². The molecule has 1 amide bonds. The van der Waals surface area contributed by atoms with Crippen LogP contribution in [0.15, 0.2) is 23.4 Å². The number of amides is 1. The van der Waals surface area contributed by atoms with Gasteiger partial charge in [0.1, 0.15) is 6.54 Å². The number of hydrogen-bond acceptors (Lipinski definition) is 4. The lowest BCUT2D eigenvalue weighted by Crippen LogP contribution is -2.48. The van der Waals surface area contributed by atoms with Crippen molar-refractivity contribution in [2.45, 2.75) is 0 Å². The molecule has 0 fully saturated rings. The molecule has 2 rings (SSSR count). The molecule has 80 valence electrons. The molecule has 0 aromatic heterocycles. The van der Waals surface area contributed by atoms with E-state index in [9.17, 15) is 9.59 Å². The summed E-state index contributed by atoms with van der Waals surface area (Å²) in [6.07, 6.45) is 3.46. The summed E-state index contributed by atoms with van der Waals surface area (Å²) in [5.74, 6) is 0.353. The van der Waals surface area contributed by atoms with Crippen LogP contribution in [0.25, 0.3) is 0 Å². The van der Waals surface area contributed by atoms with Gasteiger partial charge >= 0.3 is 5.97 Å². The van der Waals surface area contributed by atoms with Gasteiger partial charge < -0.3 is 5.11 Å². The zero-order valence-corrected chi connectivity index (χ0v) is 8.71. The topological polar surface area (TPSA) is 69.6 Å². The minimum absolute atomic E-state index is 0.299. The molecule has 0 saturated carbocycles. The maximum Gasteiger partial charge on any atom is 0.325 e. The van der Waals surface area contributed by atoms with Crippen LogP contribution in [0.1, 0.15) is 0 Å². The molecule has 0 aromatic rings. The van der Waals surface area contributed by atoms with E-state index in [1.54, 1.807) is 11.8 Å². The minimum Gasteiger partial charge on any atom is -0.480 e. The van der Waals surface area contributed by atoms with Crippen molar-refractivity contribution in [2.24, 2.45) is 0 Å². The number of rotatable bonds is 2. The molecule has 0 spiro atoms. The van der Waals surface area contributed by atoms with E-state index in [1.807, 2.05) is 6.08 Å². The number of nitrogens with one attached hydrogen (secondary N) is 1. The lowest BCUT2D eigenvalue weighted by atomic mass is 10.1. The van der Waals surface area contributed by atoms with Crippen molar-refractivity contribution in [1.29, 1.82) is 0 Å². The summed E-state index contributed by atoms with van der Waals surface area (Å²) in [7, 11) is 0. The summed E-state index contributed by atoms with van der Waals surface area (Å²) >= 11 is 1.73. The molecule has 2 aliphatic rings. The molecule has 2 N–H and O–H groups in total. The van der Waals surface area contributed by atoms with E-state index >= 15 is 0 Å². The number of aliphatic carboxylic acids is 1. The number of thioether (sulfide) groups is 1. The quantitative estimate of drug-likeness (QED) is 0.692. The fraction of sp³-hybridized carbons (Fsp3) is 0.333. The zero-order valence-electron chi connectivity index (χ0n) is 7.90. The number of carbonyl (C=O) groups is 2. The fourth-order valence-electron chi connectivity index (χ4n) is 1.44. The highest BCUT2D eigenvalue weighted by atomic mass is 32.2. The second-order valence-electron chi connectivity index (χ2n) is 3.23. The SMILES string of the molecule is O=C(O)CN1NC2=CCSCC2=CC1=O. The predicted molar refractivity (Wildman–Crippen MR) is 56.0 cm³/mol. The predicted octanol–water partition coefficient (Wildman–Crippen LogP) is -0.0251. The Morgan fingerprint density at radius 1 is 1.67 bits per heavy atom. The maximum atomic E-state index is 11.5. The lowest BCUT2D eigenvalue weighted by Gasteiger charge is -2.30. The summed E-state index contributed by atoms with van der Waals surface area (Å²) in [6.45, 7) is -0.326. The number of carboxylic acids is 1. The van der Waals surface area contributed by atoms with Gasteiger partial charge in [0.2, 0.25) is 0 Å². The number of carbonyl (C=O) groups excluding carboxylic acids is 1. The van der Waals surface area contributed by atoms with Gasteiger partial charge in [-0.25, -0.2) is 5.01 Å². The van der Waals surface area contributed by atoms with Gasteiger partial charge in [0.05, 0.1) is 5.70 Å². The number of carboxylic acid groups (broad SMARTS) is 1. The Morgan fingerprint density at radius 2 is 2.47 bits per heavy atom. The molecular formula is C9H10N2O3S. The molecule has 0 aliphatic carbocycles. The van der Waals surface area contributed by atoms with Gasteiger partial charge in [-0.2, -0.15) is 11.8 Å². The number of hydrazine groups is 1. The van der Waals surface area contributed by atoms with Crippen LogP contribution in [0.5, 0.6) is 0 Å². The zero-order chi connectivity index (χ0) is 10.8. The molecule has 0 saturated heterocycles. The molecule has 0 atom stereocenters. The molecule has 2 aliphatic heterocycles. The van der Waals surface area contributed by atoms with Gasteiger partial charge in [0.15, 0.2) is 0 Å². The Balaban J connectivity index is 2.18. The molecule has 5 nitrogen and oxygen atoms in total. The number of fused-ring (bicyclic) bond motifs is 1. The first kappa shape index (κ1) is 10.1. The summed E-state index contributed by atoms with van der Waals surface area (Å²) in [6, 6.07) is 0. The van der Waals surface area contributed by atoms with Crippen LogP contribution in [0, 0.1) is 0 Å². The Morgan fingerprint density at radius 3 is 3.20 bits per heavy atom. The fourth-order valence-corrected chi connectivity index (χ4v) is 2.30. The van der Waals surface area contributed by atoms with E-state index < -0.39 is 5.97 Å². The molecule has 0 bridgehead atoms. The number of hydrogen-bond donors (Lipinski definition) is 2. The molecule has 0 aromatic carbocycles. The summed E-state index contributed by atoms with van der Waals surface area (Å²) < 4.78 is 0. The van der Waals surface area contributed by atoms with E-state index in [0.717, 1.165) is 27.8 Å². The van der Waals surface area contributed by atoms with E-state index in [1.165, 1.54) is 6.08 Å². The third-order valence-electron chi connectivity index (χ3n) is 2.12. The number of nitrogens with zero attached hydrogens (tertiary/aromatic N) is 1. The van der Waals surface area contributed by atoms with E-state index in [0.29, 0.717) is 0 Å². The van der Waals surface area contributed by atoms with Crippen LogP contribution < -0.4 is 5.43 Å². The highest BCUT2D eigenvalue weighted by Crippen LogP contribution is 2.23. The first-order valence-corrected chi connectivity index (χ1v) is 5.61. The standard InChI is InChI=1S/C9H10N2O3S/c12-8-3-6-5-15-2-1-7(6)10-11(8)4-9(13)14/h1,3,10H,2,4-5H2,(H,13,14). The smallest absolute Gasteiger partial charge is 0.325 e. The summed E-state index contributed by atoms with van der Waals surface area (Å²) in [5, 5.41) is 9.71. The second kappa shape index (κ2) is 3.98. The van der Waals surface area contributed by atoms with Crippen molar-refractivity contribution in [3.8, 4) is 0 Å². The lowest BCUT2D eigenvalue weighted by molar-refractivity contribution is -0.144. The molecule has 0 unspecified atom stereocenters. The maximum absolute atomic E-state index is 11.5. The molecule has 0 radical (unpaired) electrons. The molecule has 6 heteroatoms. The molecule has 2 heterocycles. The average molecular weight is 226 g/mol. The van der Waals surface area contributed by atoms with Crippen LogP contribution in [0.3, 0.4) is 0 Å². The van der Waals surface area contributed by atoms with Crippen molar-refractivity contribution in [3.63, 3.8) is 0 Å². The average Bonchev–Trinajstić information content (AvgIpc) is 2.18. The van der Waals surface area contributed by atoms with E-state index in [-0.39, 0.29) is 12.5 Å². The Hall–Kier alpha value is -1.43. The van der Waals surface area contributed by atoms with Gasteiger partial charge in [-0.05, 0) is 11.6 Å². The first-order chi connectivity index (χ1) is 7.16. The van der Waals surface area contributed by atoms with Crippen molar-refractivity contribution >= 4 is 23.6 Å². The largest absolute Gasteiger partial charge is 0.480 e. The Bertz CT molecular complexity index is 376. The van der Waals surface area contributed by atoms with Crippen molar-refractivity contribution in [1.82, 2.24) is 10.4 Å². The van der Waals surface area contributed by atoms with Crippen LogP contribution in [-0.4, -0.2) is 40.0 Å². The summed E-state index contributed by atoms with van der Waals surface area (Å²) in [4.78, 5) is 22.0. The van der Waals surface area contributed by atoms with Crippen LogP contribution >= 0.6 is 11.8 Å². The molecule has 15 heavy (non-hydrogen) atoms. The van der Waals surface area contributed by atoms with Crippen molar-refractivity contribution < 1.29 is 14.7 Å². The Kier molecular flexibility index (Phi) is 2.68. The number of allylic oxidation sites excluding steroid dienone is 1. The van der Waals surface area contributed by atoms with Crippen molar-refractivity contribution in [3.05, 3.63) is 23.4 Å². The Labute approximate surface area is 90.8 Å². The van der Waals surface area contributed by atoms with Crippen LogP contribution in [0.4, 0.5) is 0 Å². The van der Waals surface area contributed by atoms with E-state index in [2.05, 4.69) is 5.43 Å². The van der Waals surface area contributed by atoms with Gasteiger partial charge in [-0.1, -0.05) is 0 Å². The highest BCUT2D eigenvalue weighted by Gasteiger charge is 2.24. The molecular weight excluding hydrogens is 216 g/mol. The monoisotopic (exact) mass is 226 g/mol. The normalized spacial score (nSPS) is 20.0. The second-order valence-corrected chi connectivity index (χ2v) is 4.26. The van der Waals surface area contributed by atoms with E-state index in [4.69, 9.17) is 5.11 Å². The summed E-state index contributed by atoms with van der Waals surface area (Å²) in [5.41, 5.74) is 4.62. The first-order valence-electron chi connectivity index (χ1n) is 4.45. The minimum atomic E-state index is -1.03. The van der Waals surface area contributed by atoms with Gasteiger partial charge in [-0.3, -0.25) is 15.0 Å². The van der Waals surface area contributed by atoms with Crippen molar-refractivity contribution in [2.75, 3.05) is 18.1 Å². The third kappa shape index (κ3) is 2.15. The van der Waals surface area contributed by atoms with Crippen LogP contribution in [-0.2, 0) is 9.59 Å². The van der Waals surface area contributed by atoms with Crippen LogP contribution in [0.2, 0.25) is 0 Å². The van der Waals surface area contributed by atoms with Gasteiger partial charge in [0, 0.05) is 17.6 Å². The highest BCUT2D eigenvalue weighted by molar-refractivity contribution is 7.99. The van der Waals surface area contributed by atoms with Gasteiger partial charge in [0.25, 0.3) is 5.91 Å². The third-order valence-corrected chi connectivity index (χ3v) is 3.04.